The number of rotatable bonds is 3. The Morgan fingerprint density at radius 1 is 1.24 bits per heavy atom. The molecule has 0 aromatic heterocycles. The molecule has 0 unspecified atom stereocenters. The minimum Gasteiger partial charge on any atom is -0.356 e. The van der Waals surface area contributed by atoms with Crippen molar-refractivity contribution in [1.82, 2.24) is 10.3 Å². The van der Waals surface area contributed by atoms with Crippen LogP contribution in [0.15, 0.2) is 39.1 Å². The van der Waals surface area contributed by atoms with E-state index in [2.05, 4.69) is 9.82 Å². The van der Waals surface area contributed by atoms with Gasteiger partial charge < -0.3 is 10.3 Å². The summed E-state index contributed by atoms with van der Waals surface area (Å²) in [5.41, 5.74) is 4.47. The fourth-order valence-corrected chi connectivity index (χ4v) is 3.72. The first-order valence-electron chi connectivity index (χ1n) is 6.83. The highest BCUT2D eigenvalue weighted by molar-refractivity contribution is 7.90. The first kappa shape index (κ1) is 15.5. The van der Waals surface area contributed by atoms with Gasteiger partial charge in [-0.05, 0) is 26.8 Å². The Hall–Kier alpha value is -1.86. The molecule has 0 radical (unpaired) electrons. The maximum atomic E-state index is 12.5. The van der Waals surface area contributed by atoms with Gasteiger partial charge in [0.15, 0.2) is 0 Å². The summed E-state index contributed by atoms with van der Waals surface area (Å²) in [7, 11) is -3.76. The minimum atomic E-state index is -3.76. The third kappa shape index (κ3) is 2.66. The van der Waals surface area contributed by atoms with Crippen LogP contribution in [-0.2, 0) is 10.0 Å². The van der Waals surface area contributed by atoms with Crippen LogP contribution in [0.3, 0.4) is 0 Å². The molecule has 6 nitrogen and oxygen atoms in total. The lowest BCUT2D eigenvalue weighted by Crippen LogP contribution is -2.33. The zero-order chi connectivity index (χ0) is 15.6. The van der Waals surface area contributed by atoms with Crippen molar-refractivity contribution in [2.24, 2.45) is 10.2 Å². The van der Waals surface area contributed by atoms with Crippen LogP contribution in [0.5, 0.6) is 0 Å². The van der Waals surface area contributed by atoms with E-state index >= 15 is 0 Å². The predicted molar refractivity (Wildman–Crippen MR) is 83.9 cm³/mol. The molecule has 2 rings (SSSR count). The van der Waals surface area contributed by atoms with Crippen LogP contribution < -0.4 is 11.3 Å². The van der Waals surface area contributed by atoms with Crippen molar-refractivity contribution in [2.45, 2.75) is 25.7 Å². The van der Waals surface area contributed by atoms with Gasteiger partial charge >= 0.3 is 0 Å². The van der Waals surface area contributed by atoms with E-state index in [9.17, 15) is 8.42 Å². The molecule has 21 heavy (non-hydrogen) atoms. The second kappa shape index (κ2) is 5.87. The Morgan fingerprint density at radius 3 is 2.43 bits per heavy atom. The van der Waals surface area contributed by atoms with Crippen molar-refractivity contribution < 1.29 is 8.42 Å². The summed E-state index contributed by atoms with van der Waals surface area (Å²) in [5, 5.41) is 0. The zero-order valence-electron chi connectivity index (χ0n) is 12.4. The van der Waals surface area contributed by atoms with Gasteiger partial charge in [-0.25, -0.2) is 0 Å². The Morgan fingerprint density at radius 2 is 1.86 bits per heavy atom. The molecular weight excluding hydrogens is 288 g/mol. The summed E-state index contributed by atoms with van der Waals surface area (Å²) in [4.78, 5) is 2.07. The summed E-state index contributed by atoms with van der Waals surface area (Å²) >= 11 is 0. The van der Waals surface area contributed by atoms with Gasteiger partial charge in [0, 0.05) is 24.2 Å². The molecule has 0 saturated carbocycles. The molecule has 0 fully saturated rings. The van der Waals surface area contributed by atoms with E-state index in [0.717, 1.165) is 5.57 Å². The highest BCUT2D eigenvalue weighted by Gasteiger charge is 2.28. The molecule has 0 spiro atoms. The molecule has 114 valence electrons. The molecule has 7 heteroatoms. The molecular formula is C14H20N4O2S. The van der Waals surface area contributed by atoms with E-state index in [1.54, 1.807) is 24.3 Å². The number of nitrogens with two attached hydrogens (primary N) is 1. The molecule has 1 heterocycles. The van der Waals surface area contributed by atoms with E-state index < -0.39 is 10.0 Å². The van der Waals surface area contributed by atoms with Crippen molar-refractivity contribution in [3.8, 4) is 0 Å². The summed E-state index contributed by atoms with van der Waals surface area (Å²) < 4.78 is 29.1. The first-order chi connectivity index (χ1) is 9.96. The summed E-state index contributed by atoms with van der Waals surface area (Å²) in [6.07, 6.45) is 0. The second-order valence-corrected chi connectivity index (χ2v) is 6.28. The average Bonchev–Trinajstić information content (AvgIpc) is 2.55. The lowest BCUT2D eigenvalue weighted by molar-refractivity contribution is 0.466. The SMILES string of the molecule is CCN(CC)C1=NS(=O)(=O)c2ccccc2C(NN)=C1C. The molecule has 0 bridgehead atoms. The highest BCUT2D eigenvalue weighted by Crippen LogP contribution is 2.30. The van der Waals surface area contributed by atoms with Crippen LogP contribution in [-0.4, -0.2) is 32.2 Å². The van der Waals surface area contributed by atoms with Gasteiger partial charge in [-0.2, -0.15) is 8.42 Å². The monoisotopic (exact) mass is 308 g/mol. The van der Waals surface area contributed by atoms with Crippen molar-refractivity contribution in [3.05, 3.63) is 35.4 Å². The number of nitrogens with zero attached hydrogens (tertiary/aromatic N) is 2. The lowest BCUT2D eigenvalue weighted by Gasteiger charge is -2.23. The molecule has 1 aliphatic rings. The van der Waals surface area contributed by atoms with Crippen molar-refractivity contribution in [2.75, 3.05) is 13.1 Å². The van der Waals surface area contributed by atoms with Crippen molar-refractivity contribution >= 4 is 21.6 Å². The Labute approximate surface area is 125 Å². The van der Waals surface area contributed by atoms with Gasteiger partial charge in [0.1, 0.15) is 5.84 Å². The summed E-state index contributed by atoms with van der Waals surface area (Å²) in [6.45, 7) is 7.07. The smallest absolute Gasteiger partial charge is 0.284 e. The lowest BCUT2D eigenvalue weighted by atomic mass is 10.1. The molecule has 1 aliphatic heterocycles. The van der Waals surface area contributed by atoms with Gasteiger partial charge in [0.05, 0.1) is 10.6 Å². The molecule has 0 atom stereocenters. The number of fused-ring (bicyclic) bond motifs is 1. The standard InChI is InChI=1S/C14H20N4O2S/c1-4-18(5-2)14-10(3)13(16-15)11-8-6-7-9-12(11)21(19,20)17-14/h6-9,16H,4-5,15H2,1-3H3. The van der Waals surface area contributed by atoms with Crippen molar-refractivity contribution in [1.29, 1.82) is 0 Å². The summed E-state index contributed by atoms with van der Waals surface area (Å²) in [5.74, 6) is 6.07. The number of likely N-dealkylation sites (N-methyl/N-ethyl adjacent to an activating group) is 1. The number of benzene rings is 1. The quantitative estimate of drug-likeness (QED) is 0.649. The molecule has 0 saturated heterocycles. The van der Waals surface area contributed by atoms with Crippen LogP contribution in [0.2, 0.25) is 0 Å². The number of sulfonamides is 1. The largest absolute Gasteiger partial charge is 0.356 e. The van der Waals surface area contributed by atoms with Gasteiger partial charge in [-0.1, -0.05) is 18.2 Å². The highest BCUT2D eigenvalue weighted by atomic mass is 32.2. The zero-order valence-corrected chi connectivity index (χ0v) is 13.2. The van der Waals surface area contributed by atoms with E-state index in [4.69, 9.17) is 5.84 Å². The fourth-order valence-electron chi connectivity index (χ4n) is 2.45. The van der Waals surface area contributed by atoms with Crippen LogP contribution in [0.4, 0.5) is 0 Å². The van der Waals surface area contributed by atoms with Gasteiger partial charge in [0.25, 0.3) is 10.0 Å². The Kier molecular flexibility index (Phi) is 4.34. The number of hydrazine groups is 1. The Bertz CT molecular complexity index is 703. The maximum absolute atomic E-state index is 12.5. The number of hydrogen-bond acceptors (Lipinski definition) is 5. The molecule has 0 amide bonds. The third-order valence-corrected chi connectivity index (χ3v) is 4.88. The molecule has 1 aromatic carbocycles. The summed E-state index contributed by atoms with van der Waals surface area (Å²) in [6, 6.07) is 6.73. The Balaban J connectivity index is 2.80. The predicted octanol–water partition coefficient (Wildman–Crippen LogP) is 1.32. The van der Waals surface area contributed by atoms with Gasteiger partial charge in [-0.15, -0.1) is 4.40 Å². The van der Waals surface area contributed by atoms with E-state index in [-0.39, 0.29) is 4.90 Å². The molecule has 0 aliphatic carbocycles. The van der Waals surface area contributed by atoms with Gasteiger partial charge in [-0.3, -0.25) is 5.84 Å². The fraction of sp³-hybridized carbons (Fsp3) is 0.357. The van der Waals surface area contributed by atoms with Crippen LogP contribution in [0.1, 0.15) is 26.3 Å². The van der Waals surface area contributed by atoms with Crippen LogP contribution in [0.25, 0.3) is 5.70 Å². The second-order valence-electron chi connectivity index (χ2n) is 4.70. The average molecular weight is 308 g/mol. The minimum absolute atomic E-state index is 0.166. The van der Waals surface area contributed by atoms with Crippen LogP contribution >= 0.6 is 0 Å². The molecule has 3 N–H and O–H groups in total. The van der Waals surface area contributed by atoms with Gasteiger partial charge in [0.2, 0.25) is 0 Å². The van der Waals surface area contributed by atoms with E-state index in [1.165, 1.54) is 0 Å². The topological polar surface area (TPSA) is 87.8 Å². The normalized spacial score (nSPS) is 16.9. The maximum Gasteiger partial charge on any atom is 0.284 e. The van der Waals surface area contributed by atoms with E-state index in [0.29, 0.717) is 30.2 Å². The van der Waals surface area contributed by atoms with E-state index in [1.807, 2.05) is 25.7 Å². The van der Waals surface area contributed by atoms with Crippen LogP contribution in [0, 0.1) is 0 Å². The number of amidine groups is 1. The number of nitrogens with one attached hydrogen (secondary N) is 1. The third-order valence-electron chi connectivity index (χ3n) is 3.56. The first-order valence-corrected chi connectivity index (χ1v) is 8.27. The van der Waals surface area contributed by atoms with Crippen molar-refractivity contribution in [3.63, 3.8) is 0 Å². The number of hydrogen-bond donors (Lipinski definition) is 2. The molecule has 1 aromatic rings.